The summed E-state index contributed by atoms with van der Waals surface area (Å²) in [5, 5.41) is 7.20. The number of aryl methyl sites for hydroxylation is 3. The Bertz CT molecular complexity index is 1010. The first-order valence-electron chi connectivity index (χ1n) is 8.45. The molecule has 0 unspecified atom stereocenters. The van der Waals surface area contributed by atoms with Gasteiger partial charge in [0.05, 0.1) is 5.56 Å². The molecule has 8 heteroatoms. The van der Waals surface area contributed by atoms with Crippen LogP contribution in [-0.2, 0) is 19.4 Å². The third-order valence-corrected chi connectivity index (χ3v) is 4.37. The maximum atomic E-state index is 12.3. The maximum absolute atomic E-state index is 12.3. The van der Waals surface area contributed by atoms with Crippen LogP contribution < -0.4 is 10.9 Å². The number of carbonyl (C=O) groups excluding carboxylic acids is 1. The van der Waals surface area contributed by atoms with Crippen LogP contribution in [0.5, 0.6) is 0 Å². The van der Waals surface area contributed by atoms with Gasteiger partial charge in [-0.25, -0.2) is 0 Å². The minimum absolute atomic E-state index is 0.110. The molecule has 0 aliphatic heterocycles. The fourth-order valence-corrected chi connectivity index (χ4v) is 2.81. The molecule has 0 fully saturated rings. The van der Waals surface area contributed by atoms with Gasteiger partial charge in [0.2, 0.25) is 5.89 Å². The van der Waals surface area contributed by atoms with Crippen molar-refractivity contribution in [3.05, 3.63) is 80.3 Å². The highest BCUT2D eigenvalue weighted by Crippen LogP contribution is 2.12. The van der Waals surface area contributed by atoms with Gasteiger partial charge in [0.1, 0.15) is 6.54 Å². The highest BCUT2D eigenvalue weighted by Gasteiger charge is 2.12. The number of benzene rings is 1. The van der Waals surface area contributed by atoms with Crippen LogP contribution in [0, 0.1) is 6.92 Å². The van der Waals surface area contributed by atoms with Crippen molar-refractivity contribution < 1.29 is 9.32 Å². The average molecular weight is 387 g/mol. The lowest BCUT2D eigenvalue weighted by Crippen LogP contribution is -2.26. The number of amides is 1. The fraction of sp³-hybridized carbons (Fsp3) is 0.263. The summed E-state index contributed by atoms with van der Waals surface area (Å²) >= 11 is 5.88. The molecule has 0 aliphatic carbocycles. The molecular formula is C19H19ClN4O3. The minimum Gasteiger partial charge on any atom is -0.355 e. The van der Waals surface area contributed by atoms with E-state index in [4.69, 9.17) is 16.1 Å². The zero-order chi connectivity index (χ0) is 19.4. The van der Waals surface area contributed by atoms with Gasteiger partial charge in [-0.3, -0.25) is 9.59 Å². The number of halogens is 1. The number of carbonyl (C=O) groups is 1. The Labute approximate surface area is 161 Å². The molecule has 3 aromatic rings. The molecule has 1 N–H and O–H groups in total. The zero-order valence-electron chi connectivity index (χ0n) is 15.0. The Hall–Kier alpha value is -2.93. The summed E-state index contributed by atoms with van der Waals surface area (Å²) in [5.74, 6) is 0.616. The summed E-state index contributed by atoms with van der Waals surface area (Å²) in [6.45, 7) is 1.77. The number of rotatable bonds is 6. The first-order chi connectivity index (χ1) is 13.0. The maximum Gasteiger partial charge on any atom is 0.253 e. The molecule has 0 spiro atoms. The van der Waals surface area contributed by atoms with E-state index in [1.54, 1.807) is 13.0 Å². The normalized spacial score (nSPS) is 10.8. The standard InChI is InChI=1S/C19H19ClN4O3/c1-12-9-14(18(25)21-2)10-24(19(12)26)11-17-22-16(23-27-17)8-5-13-3-6-15(20)7-4-13/h3-4,6-7,9-10H,5,8,11H2,1-2H3,(H,21,25). The van der Waals surface area contributed by atoms with Gasteiger partial charge in [0, 0.05) is 30.3 Å². The number of hydrogen-bond acceptors (Lipinski definition) is 5. The lowest BCUT2D eigenvalue weighted by atomic mass is 10.1. The van der Waals surface area contributed by atoms with E-state index in [-0.39, 0.29) is 18.0 Å². The van der Waals surface area contributed by atoms with Gasteiger partial charge in [-0.05, 0) is 37.1 Å². The first-order valence-corrected chi connectivity index (χ1v) is 8.83. The Morgan fingerprint density at radius 1 is 1.26 bits per heavy atom. The predicted molar refractivity (Wildman–Crippen MR) is 101 cm³/mol. The molecule has 27 heavy (non-hydrogen) atoms. The molecule has 1 aromatic carbocycles. The lowest BCUT2D eigenvalue weighted by Gasteiger charge is -2.07. The van der Waals surface area contributed by atoms with Gasteiger partial charge < -0.3 is 14.4 Å². The number of aromatic nitrogens is 3. The monoisotopic (exact) mass is 386 g/mol. The second-order valence-electron chi connectivity index (χ2n) is 6.15. The van der Waals surface area contributed by atoms with Crippen LogP contribution >= 0.6 is 11.6 Å². The molecule has 0 atom stereocenters. The largest absolute Gasteiger partial charge is 0.355 e. The molecule has 0 radical (unpaired) electrons. The Balaban J connectivity index is 1.72. The smallest absolute Gasteiger partial charge is 0.253 e. The lowest BCUT2D eigenvalue weighted by molar-refractivity contribution is 0.0962. The molecule has 2 aromatic heterocycles. The van der Waals surface area contributed by atoms with Crippen LogP contribution in [-0.4, -0.2) is 27.7 Å². The van der Waals surface area contributed by atoms with Crippen LogP contribution in [0.2, 0.25) is 5.02 Å². The number of hydrogen-bond donors (Lipinski definition) is 1. The zero-order valence-corrected chi connectivity index (χ0v) is 15.8. The molecule has 0 saturated heterocycles. The summed E-state index contributed by atoms with van der Waals surface area (Å²) < 4.78 is 6.65. The van der Waals surface area contributed by atoms with Gasteiger partial charge in [-0.1, -0.05) is 28.9 Å². The molecular weight excluding hydrogens is 368 g/mol. The van der Waals surface area contributed by atoms with Crippen molar-refractivity contribution in [2.24, 2.45) is 0 Å². The molecule has 1 amide bonds. The van der Waals surface area contributed by atoms with Crippen LogP contribution in [0.4, 0.5) is 0 Å². The van der Waals surface area contributed by atoms with Gasteiger partial charge in [-0.2, -0.15) is 4.98 Å². The van der Waals surface area contributed by atoms with E-state index in [9.17, 15) is 9.59 Å². The number of pyridine rings is 1. The topological polar surface area (TPSA) is 90.0 Å². The van der Waals surface area contributed by atoms with E-state index in [1.165, 1.54) is 17.8 Å². The van der Waals surface area contributed by atoms with E-state index in [1.807, 2.05) is 24.3 Å². The quantitative estimate of drug-likeness (QED) is 0.702. The average Bonchev–Trinajstić information content (AvgIpc) is 3.11. The fourth-order valence-electron chi connectivity index (χ4n) is 2.68. The molecule has 0 aliphatic rings. The van der Waals surface area contributed by atoms with Crippen molar-refractivity contribution in [2.75, 3.05) is 7.05 Å². The van der Waals surface area contributed by atoms with Crippen LogP contribution in [0.15, 0.2) is 45.8 Å². The van der Waals surface area contributed by atoms with Crippen molar-refractivity contribution in [3.8, 4) is 0 Å². The van der Waals surface area contributed by atoms with Crippen LogP contribution in [0.1, 0.15) is 33.2 Å². The first kappa shape index (κ1) is 18.8. The van der Waals surface area contributed by atoms with Gasteiger partial charge in [0.15, 0.2) is 5.82 Å². The summed E-state index contributed by atoms with van der Waals surface area (Å²) in [6, 6.07) is 9.15. The molecule has 7 nitrogen and oxygen atoms in total. The molecule has 2 heterocycles. The molecule has 0 saturated carbocycles. The van der Waals surface area contributed by atoms with Crippen molar-refractivity contribution in [2.45, 2.75) is 26.3 Å². The number of nitrogens with one attached hydrogen (secondary N) is 1. The Morgan fingerprint density at radius 2 is 2.00 bits per heavy atom. The second kappa shape index (κ2) is 8.18. The molecule has 3 rings (SSSR count). The van der Waals surface area contributed by atoms with E-state index >= 15 is 0 Å². The summed E-state index contributed by atoms with van der Waals surface area (Å²) in [5.41, 5.74) is 1.79. The van der Waals surface area contributed by atoms with E-state index in [2.05, 4.69) is 15.5 Å². The van der Waals surface area contributed by atoms with Gasteiger partial charge >= 0.3 is 0 Å². The van der Waals surface area contributed by atoms with Gasteiger partial charge in [-0.15, -0.1) is 0 Å². The van der Waals surface area contributed by atoms with E-state index in [0.29, 0.717) is 34.3 Å². The van der Waals surface area contributed by atoms with Crippen molar-refractivity contribution in [1.29, 1.82) is 0 Å². The van der Waals surface area contributed by atoms with E-state index in [0.717, 1.165) is 12.0 Å². The van der Waals surface area contributed by atoms with Gasteiger partial charge in [0.25, 0.3) is 11.5 Å². The molecule has 0 bridgehead atoms. The van der Waals surface area contributed by atoms with Crippen molar-refractivity contribution in [3.63, 3.8) is 0 Å². The SMILES string of the molecule is CNC(=O)c1cc(C)c(=O)n(Cc2nc(CCc3ccc(Cl)cc3)no2)c1. The third-order valence-electron chi connectivity index (χ3n) is 4.12. The van der Waals surface area contributed by atoms with E-state index < -0.39 is 0 Å². The van der Waals surface area contributed by atoms with Crippen LogP contribution in [0.3, 0.4) is 0 Å². The molecule has 140 valence electrons. The van der Waals surface area contributed by atoms with Crippen molar-refractivity contribution >= 4 is 17.5 Å². The summed E-state index contributed by atoms with van der Waals surface area (Å²) in [4.78, 5) is 28.5. The Kier molecular flexibility index (Phi) is 5.71. The summed E-state index contributed by atoms with van der Waals surface area (Å²) in [6.07, 6.45) is 2.85. The predicted octanol–water partition coefficient (Wildman–Crippen LogP) is 2.39. The second-order valence-corrected chi connectivity index (χ2v) is 6.59. The highest BCUT2D eigenvalue weighted by molar-refractivity contribution is 6.30. The minimum atomic E-state index is -0.263. The van der Waals surface area contributed by atoms with Crippen LogP contribution in [0.25, 0.3) is 0 Å². The van der Waals surface area contributed by atoms with Crippen molar-refractivity contribution in [1.82, 2.24) is 20.0 Å². The Morgan fingerprint density at radius 3 is 2.70 bits per heavy atom. The highest BCUT2D eigenvalue weighted by atomic mass is 35.5. The summed E-state index contributed by atoms with van der Waals surface area (Å²) in [7, 11) is 1.54. The number of nitrogens with zero attached hydrogens (tertiary/aromatic N) is 3. The third kappa shape index (κ3) is 4.62.